The normalized spacial score (nSPS) is 23.0. The van der Waals surface area contributed by atoms with E-state index in [4.69, 9.17) is 0 Å². The van der Waals surface area contributed by atoms with Gasteiger partial charge in [0.1, 0.15) is 12.1 Å². The average molecular weight is 344 g/mol. The number of amides is 1. The third kappa shape index (κ3) is 2.35. The van der Waals surface area contributed by atoms with Gasteiger partial charge in [-0.15, -0.1) is 0 Å². The molecule has 1 saturated carbocycles. The van der Waals surface area contributed by atoms with Gasteiger partial charge < -0.3 is 5.32 Å². The van der Waals surface area contributed by atoms with Gasteiger partial charge in [0.05, 0.1) is 0 Å². The largest absolute Gasteiger partial charge is 0.352 e. The van der Waals surface area contributed by atoms with Crippen LogP contribution in [0.4, 0.5) is 0 Å². The molecule has 5 heteroatoms. The molecule has 2 heterocycles. The standard InChI is InChI=1S/C21H20N4O/c26-20(18-12-21(18)8-7-15-4-1-2-6-17(15)21)24-13-16-5-3-9-23-19(16)25-11-10-22-14-25/h1-6,9-11,14,18H,7-8,12-13H2,(H,24,26). The first kappa shape index (κ1) is 15.3. The number of nitrogens with one attached hydrogen (secondary N) is 1. The molecule has 1 amide bonds. The van der Waals surface area contributed by atoms with Crippen molar-refractivity contribution in [2.24, 2.45) is 5.92 Å². The summed E-state index contributed by atoms with van der Waals surface area (Å²) in [5.41, 5.74) is 3.88. The van der Waals surface area contributed by atoms with E-state index in [1.807, 2.05) is 22.9 Å². The van der Waals surface area contributed by atoms with E-state index in [1.165, 1.54) is 11.1 Å². The molecule has 1 aromatic carbocycles. The van der Waals surface area contributed by atoms with Gasteiger partial charge >= 0.3 is 0 Å². The lowest BCUT2D eigenvalue weighted by Gasteiger charge is -2.13. The number of hydrogen-bond acceptors (Lipinski definition) is 3. The van der Waals surface area contributed by atoms with Gasteiger partial charge in [0, 0.05) is 42.0 Å². The third-order valence-corrected chi connectivity index (χ3v) is 5.86. The first-order valence-electron chi connectivity index (χ1n) is 9.06. The predicted octanol–water partition coefficient (Wildman–Crippen LogP) is 2.79. The molecule has 2 unspecified atom stereocenters. The average Bonchev–Trinajstić information content (AvgIpc) is 3.02. The maximum Gasteiger partial charge on any atom is 0.224 e. The lowest BCUT2D eigenvalue weighted by molar-refractivity contribution is -0.122. The highest BCUT2D eigenvalue weighted by Gasteiger charge is 2.61. The number of nitrogens with zero attached hydrogens (tertiary/aromatic N) is 3. The smallest absolute Gasteiger partial charge is 0.224 e. The van der Waals surface area contributed by atoms with Crippen molar-refractivity contribution in [3.63, 3.8) is 0 Å². The Labute approximate surface area is 152 Å². The van der Waals surface area contributed by atoms with Gasteiger partial charge in [0.2, 0.25) is 5.91 Å². The van der Waals surface area contributed by atoms with Crippen molar-refractivity contribution < 1.29 is 4.79 Å². The molecule has 1 N–H and O–H groups in total. The van der Waals surface area contributed by atoms with Crippen LogP contribution in [0.15, 0.2) is 61.3 Å². The van der Waals surface area contributed by atoms with Gasteiger partial charge in [-0.1, -0.05) is 30.3 Å². The van der Waals surface area contributed by atoms with E-state index < -0.39 is 0 Å². The number of pyridine rings is 1. The fourth-order valence-electron chi connectivity index (χ4n) is 4.43. The zero-order valence-electron chi connectivity index (χ0n) is 14.4. The molecule has 5 rings (SSSR count). The summed E-state index contributed by atoms with van der Waals surface area (Å²) in [5.74, 6) is 1.06. The molecule has 130 valence electrons. The lowest BCUT2D eigenvalue weighted by atomic mass is 9.95. The van der Waals surface area contributed by atoms with Crippen LogP contribution in [0.25, 0.3) is 5.82 Å². The van der Waals surface area contributed by atoms with E-state index >= 15 is 0 Å². The fourth-order valence-corrected chi connectivity index (χ4v) is 4.43. The van der Waals surface area contributed by atoms with Crippen molar-refractivity contribution in [1.29, 1.82) is 0 Å². The Bertz CT molecular complexity index is 966. The summed E-state index contributed by atoms with van der Waals surface area (Å²) in [4.78, 5) is 21.3. The molecule has 3 aromatic rings. The third-order valence-electron chi connectivity index (χ3n) is 5.86. The van der Waals surface area contributed by atoms with Crippen LogP contribution in [-0.4, -0.2) is 20.4 Å². The minimum absolute atomic E-state index is 0.0861. The van der Waals surface area contributed by atoms with Crippen LogP contribution in [0.2, 0.25) is 0 Å². The summed E-state index contributed by atoms with van der Waals surface area (Å²) in [7, 11) is 0. The van der Waals surface area contributed by atoms with Gasteiger partial charge in [-0.05, 0) is 36.5 Å². The topological polar surface area (TPSA) is 59.8 Å². The summed E-state index contributed by atoms with van der Waals surface area (Å²) >= 11 is 0. The predicted molar refractivity (Wildman–Crippen MR) is 97.8 cm³/mol. The van der Waals surface area contributed by atoms with Gasteiger partial charge in [-0.25, -0.2) is 9.97 Å². The van der Waals surface area contributed by atoms with E-state index in [0.717, 1.165) is 30.6 Å². The molecular weight excluding hydrogens is 324 g/mol. The zero-order chi connectivity index (χ0) is 17.6. The van der Waals surface area contributed by atoms with Crippen LogP contribution < -0.4 is 5.32 Å². The number of carbonyl (C=O) groups excluding carboxylic acids is 1. The minimum atomic E-state index is 0.0861. The highest BCUT2D eigenvalue weighted by atomic mass is 16.2. The highest BCUT2D eigenvalue weighted by Crippen LogP contribution is 2.61. The molecule has 2 aliphatic rings. The van der Waals surface area contributed by atoms with E-state index in [0.29, 0.717) is 6.54 Å². The number of imidazole rings is 1. The fraction of sp³-hybridized carbons (Fsp3) is 0.286. The maximum atomic E-state index is 12.8. The first-order chi connectivity index (χ1) is 12.8. The summed E-state index contributed by atoms with van der Waals surface area (Å²) < 4.78 is 1.87. The van der Waals surface area contributed by atoms with Crippen molar-refractivity contribution in [2.45, 2.75) is 31.2 Å². The van der Waals surface area contributed by atoms with E-state index in [2.05, 4.69) is 39.6 Å². The quantitative estimate of drug-likeness (QED) is 0.792. The summed E-state index contributed by atoms with van der Waals surface area (Å²) in [6.45, 7) is 0.481. The number of fused-ring (bicyclic) bond motifs is 2. The number of benzene rings is 1. The van der Waals surface area contributed by atoms with E-state index in [1.54, 1.807) is 18.7 Å². The van der Waals surface area contributed by atoms with Crippen LogP contribution in [0.3, 0.4) is 0 Å². The Morgan fingerprint density at radius 3 is 3.04 bits per heavy atom. The van der Waals surface area contributed by atoms with Crippen molar-refractivity contribution >= 4 is 5.91 Å². The molecule has 0 radical (unpaired) electrons. The highest BCUT2D eigenvalue weighted by molar-refractivity contribution is 5.85. The molecule has 2 aromatic heterocycles. The Morgan fingerprint density at radius 2 is 2.15 bits per heavy atom. The minimum Gasteiger partial charge on any atom is -0.352 e. The van der Waals surface area contributed by atoms with E-state index in [-0.39, 0.29) is 17.2 Å². The molecule has 0 saturated heterocycles. The van der Waals surface area contributed by atoms with Crippen molar-refractivity contribution in [1.82, 2.24) is 19.9 Å². The van der Waals surface area contributed by atoms with Crippen LogP contribution in [-0.2, 0) is 23.2 Å². The number of hydrogen-bond donors (Lipinski definition) is 1. The molecule has 0 aliphatic heterocycles. The molecule has 0 bridgehead atoms. The van der Waals surface area contributed by atoms with Gasteiger partial charge in [0.25, 0.3) is 0 Å². The van der Waals surface area contributed by atoms with Crippen LogP contribution >= 0.6 is 0 Å². The van der Waals surface area contributed by atoms with Crippen LogP contribution in [0.1, 0.15) is 29.5 Å². The number of carbonyl (C=O) groups is 1. The summed E-state index contributed by atoms with van der Waals surface area (Å²) in [5, 5.41) is 3.13. The van der Waals surface area contributed by atoms with Crippen LogP contribution in [0.5, 0.6) is 0 Å². The Balaban J connectivity index is 1.31. The monoisotopic (exact) mass is 344 g/mol. The van der Waals surface area contributed by atoms with Gasteiger partial charge in [-0.2, -0.15) is 0 Å². The molecule has 2 atom stereocenters. The Kier molecular flexibility index (Phi) is 3.42. The number of aromatic nitrogens is 3. The first-order valence-corrected chi connectivity index (χ1v) is 9.06. The van der Waals surface area contributed by atoms with Crippen molar-refractivity contribution in [3.05, 3.63) is 78.0 Å². The SMILES string of the molecule is O=C(NCc1cccnc1-n1ccnc1)C1CC12CCc1ccccc12. The molecule has 1 fully saturated rings. The summed E-state index contributed by atoms with van der Waals surface area (Å²) in [6.07, 6.45) is 10.2. The van der Waals surface area contributed by atoms with E-state index in [9.17, 15) is 4.79 Å². The lowest BCUT2D eigenvalue weighted by Crippen LogP contribution is -2.28. The molecule has 26 heavy (non-hydrogen) atoms. The Morgan fingerprint density at radius 1 is 1.23 bits per heavy atom. The van der Waals surface area contributed by atoms with Crippen molar-refractivity contribution in [2.75, 3.05) is 0 Å². The summed E-state index contributed by atoms with van der Waals surface area (Å²) in [6, 6.07) is 12.5. The molecule has 2 aliphatic carbocycles. The second-order valence-electron chi connectivity index (χ2n) is 7.24. The zero-order valence-corrected chi connectivity index (χ0v) is 14.4. The maximum absolute atomic E-state index is 12.8. The molecular formula is C21H20N4O. The second-order valence-corrected chi connectivity index (χ2v) is 7.24. The van der Waals surface area contributed by atoms with Gasteiger partial charge in [0.15, 0.2) is 0 Å². The van der Waals surface area contributed by atoms with Crippen LogP contribution in [0, 0.1) is 5.92 Å². The Hall–Kier alpha value is -2.95. The molecule has 5 nitrogen and oxygen atoms in total. The van der Waals surface area contributed by atoms with Crippen molar-refractivity contribution in [3.8, 4) is 5.82 Å². The van der Waals surface area contributed by atoms with Gasteiger partial charge in [-0.3, -0.25) is 9.36 Å². The number of aryl methyl sites for hydroxylation is 1. The molecule has 1 spiro atoms. The number of rotatable bonds is 4. The second kappa shape index (κ2) is 5.80.